The van der Waals surface area contributed by atoms with Gasteiger partial charge in [-0.25, -0.2) is 0 Å². The van der Waals surface area contributed by atoms with E-state index in [9.17, 15) is 0 Å². The first kappa shape index (κ1) is 12.9. The Kier molecular flexibility index (Phi) is 4.19. The van der Waals surface area contributed by atoms with Crippen LogP contribution in [0.15, 0.2) is 42.5 Å². The summed E-state index contributed by atoms with van der Waals surface area (Å²) >= 11 is 0. The Balaban J connectivity index is 2.63. The number of unbranched alkanes of at least 4 members (excludes halogenated alkanes) is 1. The van der Waals surface area contributed by atoms with Gasteiger partial charge in [0.2, 0.25) is 0 Å². The lowest BCUT2D eigenvalue weighted by Gasteiger charge is -2.13. The number of hydrogen-bond acceptors (Lipinski definition) is 0. The molecular weight excluding hydrogens is 216 g/mol. The minimum absolute atomic E-state index is 1.18. The minimum Gasteiger partial charge on any atom is -0.0841 e. The third kappa shape index (κ3) is 2.48. The summed E-state index contributed by atoms with van der Waals surface area (Å²) in [7, 11) is 0. The molecule has 0 aliphatic carbocycles. The van der Waals surface area contributed by atoms with Gasteiger partial charge in [-0.05, 0) is 54.2 Å². The predicted octanol–water partition coefficient (Wildman–Crippen LogP) is 5.61. The Bertz CT molecular complexity index is 561. The van der Waals surface area contributed by atoms with Gasteiger partial charge >= 0.3 is 0 Å². The van der Waals surface area contributed by atoms with Crippen molar-refractivity contribution in [2.24, 2.45) is 0 Å². The molecule has 0 saturated heterocycles. The zero-order valence-corrected chi connectivity index (χ0v) is 11.7. The van der Waals surface area contributed by atoms with Gasteiger partial charge in [-0.15, -0.1) is 0 Å². The van der Waals surface area contributed by atoms with Crippen LogP contribution < -0.4 is 0 Å². The molecule has 2 aromatic rings. The van der Waals surface area contributed by atoms with Crippen LogP contribution in [-0.2, 0) is 6.42 Å². The topological polar surface area (TPSA) is 0 Å². The van der Waals surface area contributed by atoms with Crippen LogP contribution in [0.5, 0.6) is 0 Å². The lowest BCUT2D eigenvalue weighted by molar-refractivity contribution is 0.794. The largest absolute Gasteiger partial charge is 0.0841 e. The van der Waals surface area contributed by atoms with Gasteiger partial charge in [-0.3, -0.25) is 0 Å². The maximum atomic E-state index is 2.31. The van der Waals surface area contributed by atoms with Gasteiger partial charge in [0.15, 0.2) is 0 Å². The first-order valence-corrected chi connectivity index (χ1v) is 6.91. The van der Waals surface area contributed by atoms with E-state index in [1.807, 2.05) is 0 Å². The van der Waals surface area contributed by atoms with Gasteiger partial charge in [-0.2, -0.15) is 0 Å². The van der Waals surface area contributed by atoms with Crippen LogP contribution in [-0.4, -0.2) is 0 Å². The summed E-state index contributed by atoms with van der Waals surface area (Å²) in [5.41, 5.74) is 4.33. The first-order chi connectivity index (χ1) is 8.77. The highest BCUT2D eigenvalue weighted by Crippen LogP contribution is 2.29. The van der Waals surface area contributed by atoms with E-state index < -0.39 is 0 Å². The number of allylic oxidation sites excluding steroid dienone is 2. The Hall–Kier alpha value is -1.56. The summed E-state index contributed by atoms with van der Waals surface area (Å²) in [5, 5.41) is 2.73. The molecule has 0 heterocycles. The Morgan fingerprint density at radius 1 is 1.11 bits per heavy atom. The Morgan fingerprint density at radius 3 is 2.61 bits per heavy atom. The molecule has 2 rings (SSSR count). The van der Waals surface area contributed by atoms with Crippen molar-refractivity contribution in [3.63, 3.8) is 0 Å². The van der Waals surface area contributed by atoms with Crippen LogP contribution in [0.2, 0.25) is 0 Å². The van der Waals surface area contributed by atoms with Crippen LogP contribution in [0.3, 0.4) is 0 Å². The van der Waals surface area contributed by atoms with E-state index in [2.05, 4.69) is 63.2 Å². The standard InChI is InChI=1S/C18H22/c1-4-6-9-16-13-12-15-10-7-8-11-17(15)18(16)14(3)5-2/h5,7-8,10-13H,4,6,9H2,1-3H3. The summed E-state index contributed by atoms with van der Waals surface area (Å²) in [6, 6.07) is 13.3. The summed E-state index contributed by atoms with van der Waals surface area (Å²) in [5.74, 6) is 0. The number of fused-ring (bicyclic) bond motifs is 1. The summed E-state index contributed by atoms with van der Waals surface area (Å²) in [6.45, 7) is 6.60. The van der Waals surface area contributed by atoms with Crippen LogP contribution in [0.25, 0.3) is 16.3 Å². The fourth-order valence-electron chi connectivity index (χ4n) is 2.50. The normalized spacial score (nSPS) is 12.1. The highest BCUT2D eigenvalue weighted by molar-refractivity contribution is 5.94. The first-order valence-electron chi connectivity index (χ1n) is 6.91. The number of hydrogen-bond donors (Lipinski definition) is 0. The summed E-state index contributed by atoms with van der Waals surface area (Å²) in [4.78, 5) is 0. The highest BCUT2D eigenvalue weighted by atomic mass is 14.1. The third-order valence-electron chi connectivity index (χ3n) is 3.64. The molecule has 0 bridgehead atoms. The number of benzene rings is 2. The molecule has 0 unspecified atom stereocenters. The van der Waals surface area contributed by atoms with Crippen molar-refractivity contribution in [1.82, 2.24) is 0 Å². The zero-order valence-electron chi connectivity index (χ0n) is 11.7. The van der Waals surface area contributed by atoms with Crippen LogP contribution >= 0.6 is 0 Å². The second-order valence-electron chi connectivity index (χ2n) is 4.90. The zero-order chi connectivity index (χ0) is 13.0. The summed E-state index contributed by atoms with van der Waals surface area (Å²) < 4.78 is 0. The third-order valence-corrected chi connectivity index (χ3v) is 3.64. The molecule has 94 valence electrons. The van der Waals surface area contributed by atoms with Gasteiger partial charge in [0.25, 0.3) is 0 Å². The SMILES string of the molecule is CC=C(C)c1c(CCCC)ccc2ccccc12. The van der Waals surface area contributed by atoms with E-state index in [-0.39, 0.29) is 0 Å². The second kappa shape index (κ2) is 5.86. The fraction of sp³-hybridized carbons (Fsp3) is 0.333. The Morgan fingerprint density at radius 2 is 1.89 bits per heavy atom. The molecule has 0 aromatic heterocycles. The van der Waals surface area contributed by atoms with E-state index in [1.54, 1.807) is 0 Å². The average Bonchev–Trinajstić information content (AvgIpc) is 2.43. The van der Waals surface area contributed by atoms with Crippen LogP contribution in [0, 0.1) is 0 Å². The van der Waals surface area contributed by atoms with Crippen molar-refractivity contribution >= 4 is 16.3 Å². The lowest BCUT2D eigenvalue weighted by atomic mass is 9.91. The van der Waals surface area contributed by atoms with Crippen LogP contribution in [0.1, 0.15) is 44.7 Å². The maximum Gasteiger partial charge on any atom is -0.0106 e. The van der Waals surface area contributed by atoms with E-state index in [4.69, 9.17) is 0 Å². The highest BCUT2D eigenvalue weighted by Gasteiger charge is 2.08. The number of aryl methyl sites for hydroxylation is 1. The smallest absolute Gasteiger partial charge is 0.0106 e. The lowest BCUT2D eigenvalue weighted by Crippen LogP contribution is -1.94. The maximum absolute atomic E-state index is 2.31. The molecule has 0 nitrogen and oxygen atoms in total. The van der Waals surface area contributed by atoms with Gasteiger partial charge in [-0.1, -0.05) is 55.8 Å². The molecule has 2 aromatic carbocycles. The van der Waals surface area contributed by atoms with E-state index in [0.29, 0.717) is 0 Å². The fourth-order valence-corrected chi connectivity index (χ4v) is 2.50. The molecule has 0 aliphatic heterocycles. The molecule has 0 aliphatic rings. The van der Waals surface area contributed by atoms with E-state index in [1.165, 1.54) is 46.7 Å². The van der Waals surface area contributed by atoms with Gasteiger partial charge in [0.05, 0.1) is 0 Å². The Labute approximate surface area is 110 Å². The molecule has 0 spiro atoms. The number of rotatable bonds is 4. The molecule has 0 atom stereocenters. The molecule has 0 heteroatoms. The molecule has 0 radical (unpaired) electrons. The molecule has 18 heavy (non-hydrogen) atoms. The van der Waals surface area contributed by atoms with Crippen molar-refractivity contribution in [3.05, 3.63) is 53.6 Å². The van der Waals surface area contributed by atoms with Crippen molar-refractivity contribution < 1.29 is 0 Å². The molecule has 0 N–H and O–H groups in total. The van der Waals surface area contributed by atoms with Crippen molar-refractivity contribution in [3.8, 4) is 0 Å². The van der Waals surface area contributed by atoms with Crippen molar-refractivity contribution in [2.75, 3.05) is 0 Å². The second-order valence-corrected chi connectivity index (χ2v) is 4.90. The molecular formula is C18H22. The molecule has 0 saturated carbocycles. The molecule has 0 amide bonds. The van der Waals surface area contributed by atoms with Crippen LogP contribution in [0.4, 0.5) is 0 Å². The summed E-state index contributed by atoms with van der Waals surface area (Å²) in [6.07, 6.45) is 5.92. The predicted molar refractivity (Wildman–Crippen MR) is 81.9 cm³/mol. The average molecular weight is 238 g/mol. The monoisotopic (exact) mass is 238 g/mol. The van der Waals surface area contributed by atoms with E-state index >= 15 is 0 Å². The van der Waals surface area contributed by atoms with E-state index in [0.717, 1.165) is 0 Å². The van der Waals surface area contributed by atoms with Crippen molar-refractivity contribution in [2.45, 2.75) is 40.0 Å². The van der Waals surface area contributed by atoms with Crippen molar-refractivity contribution in [1.29, 1.82) is 0 Å². The minimum atomic E-state index is 1.18. The molecule has 0 fully saturated rings. The van der Waals surface area contributed by atoms with Gasteiger partial charge < -0.3 is 0 Å². The quantitative estimate of drug-likeness (QED) is 0.650. The van der Waals surface area contributed by atoms with Gasteiger partial charge in [0, 0.05) is 0 Å². The van der Waals surface area contributed by atoms with Gasteiger partial charge in [0.1, 0.15) is 0 Å².